The molecule has 2 nitrogen and oxygen atoms in total. The van der Waals surface area contributed by atoms with Crippen LogP contribution in [-0.2, 0) is 6.42 Å². The third-order valence-electron chi connectivity index (χ3n) is 3.04. The summed E-state index contributed by atoms with van der Waals surface area (Å²) in [6.07, 6.45) is 13.7. The lowest BCUT2D eigenvalue weighted by Gasteiger charge is -2.00. The maximum atomic E-state index is 8.39. The van der Waals surface area contributed by atoms with E-state index in [0.717, 1.165) is 25.0 Å². The number of furan rings is 1. The summed E-state index contributed by atoms with van der Waals surface area (Å²) in [6.45, 7) is 0. The molecule has 1 heterocycles. The number of aryl methyl sites for hydroxylation is 1. The minimum Gasteiger partial charge on any atom is -0.469 e. The fourth-order valence-corrected chi connectivity index (χ4v) is 2.02. The van der Waals surface area contributed by atoms with Crippen molar-refractivity contribution in [2.45, 2.75) is 64.2 Å². The predicted molar refractivity (Wildman–Crippen MR) is 69.6 cm³/mol. The Morgan fingerprint density at radius 2 is 1.59 bits per heavy atom. The van der Waals surface area contributed by atoms with Gasteiger partial charge in [-0.15, -0.1) is 0 Å². The summed E-state index contributed by atoms with van der Waals surface area (Å²) in [7, 11) is 0. The average molecular weight is 233 g/mol. The van der Waals surface area contributed by atoms with Crippen LogP contribution in [0.5, 0.6) is 0 Å². The van der Waals surface area contributed by atoms with Gasteiger partial charge in [-0.05, 0) is 25.0 Å². The first-order valence-electron chi connectivity index (χ1n) is 6.83. The molecule has 1 rings (SSSR count). The zero-order chi connectivity index (χ0) is 12.2. The second kappa shape index (κ2) is 9.96. The summed E-state index contributed by atoms with van der Waals surface area (Å²) >= 11 is 0. The van der Waals surface area contributed by atoms with Crippen LogP contribution >= 0.6 is 0 Å². The Kier molecular flexibility index (Phi) is 8.10. The van der Waals surface area contributed by atoms with E-state index in [0.29, 0.717) is 0 Å². The van der Waals surface area contributed by atoms with E-state index >= 15 is 0 Å². The van der Waals surface area contributed by atoms with Crippen LogP contribution in [-0.4, -0.2) is 0 Å². The Labute approximate surface area is 105 Å². The van der Waals surface area contributed by atoms with Gasteiger partial charge in [-0.3, -0.25) is 0 Å². The molecule has 0 aromatic carbocycles. The third-order valence-corrected chi connectivity index (χ3v) is 3.04. The summed E-state index contributed by atoms with van der Waals surface area (Å²) in [4.78, 5) is 0. The molecule has 0 unspecified atom stereocenters. The van der Waals surface area contributed by atoms with Crippen molar-refractivity contribution < 1.29 is 4.42 Å². The van der Waals surface area contributed by atoms with Gasteiger partial charge in [0, 0.05) is 12.8 Å². The van der Waals surface area contributed by atoms with E-state index in [9.17, 15) is 0 Å². The molecule has 1 aromatic rings. The maximum Gasteiger partial charge on any atom is 0.103 e. The fraction of sp³-hybridized carbons (Fsp3) is 0.667. The van der Waals surface area contributed by atoms with Gasteiger partial charge in [0.15, 0.2) is 0 Å². The maximum absolute atomic E-state index is 8.39. The molecule has 0 spiro atoms. The molecule has 1 aromatic heterocycles. The van der Waals surface area contributed by atoms with Crippen LogP contribution in [0.1, 0.15) is 63.5 Å². The highest BCUT2D eigenvalue weighted by Gasteiger charge is 1.96. The van der Waals surface area contributed by atoms with Crippen molar-refractivity contribution in [1.29, 1.82) is 5.26 Å². The second-order valence-electron chi connectivity index (χ2n) is 4.57. The lowest BCUT2D eigenvalue weighted by atomic mass is 10.1. The molecular formula is C15H23NO. The Hall–Kier alpha value is -1.23. The molecule has 0 aliphatic heterocycles. The normalized spacial score (nSPS) is 10.3. The van der Waals surface area contributed by atoms with Crippen molar-refractivity contribution >= 4 is 0 Å². The van der Waals surface area contributed by atoms with Crippen LogP contribution in [0.3, 0.4) is 0 Å². The van der Waals surface area contributed by atoms with Crippen LogP contribution in [0.4, 0.5) is 0 Å². The Morgan fingerprint density at radius 1 is 0.941 bits per heavy atom. The largest absolute Gasteiger partial charge is 0.469 e. The highest BCUT2D eigenvalue weighted by Crippen LogP contribution is 2.11. The van der Waals surface area contributed by atoms with Gasteiger partial charge in [0.05, 0.1) is 12.3 Å². The molecule has 0 N–H and O–H groups in total. The molecule has 0 aliphatic carbocycles. The van der Waals surface area contributed by atoms with Crippen molar-refractivity contribution in [3.8, 4) is 6.07 Å². The van der Waals surface area contributed by atoms with Gasteiger partial charge >= 0.3 is 0 Å². The van der Waals surface area contributed by atoms with Crippen molar-refractivity contribution in [3.05, 3.63) is 24.2 Å². The second-order valence-corrected chi connectivity index (χ2v) is 4.57. The zero-order valence-electron chi connectivity index (χ0n) is 10.7. The number of nitriles is 1. The van der Waals surface area contributed by atoms with Gasteiger partial charge in [0.1, 0.15) is 5.76 Å². The van der Waals surface area contributed by atoms with Gasteiger partial charge in [-0.25, -0.2) is 0 Å². The van der Waals surface area contributed by atoms with Crippen LogP contribution < -0.4 is 0 Å². The van der Waals surface area contributed by atoms with Gasteiger partial charge in [-0.1, -0.05) is 38.5 Å². The highest BCUT2D eigenvalue weighted by atomic mass is 16.3. The smallest absolute Gasteiger partial charge is 0.103 e. The molecule has 0 saturated heterocycles. The van der Waals surface area contributed by atoms with Crippen molar-refractivity contribution in [3.63, 3.8) is 0 Å². The molecular weight excluding hydrogens is 210 g/mol. The van der Waals surface area contributed by atoms with Gasteiger partial charge in [0.25, 0.3) is 0 Å². The molecule has 0 aliphatic rings. The molecule has 0 fully saturated rings. The number of nitrogens with zero attached hydrogens (tertiary/aromatic N) is 1. The molecule has 0 radical (unpaired) electrons. The average Bonchev–Trinajstić information content (AvgIpc) is 2.85. The van der Waals surface area contributed by atoms with Crippen molar-refractivity contribution in [2.75, 3.05) is 0 Å². The zero-order valence-corrected chi connectivity index (χ0v) is 10.7. The van der Waals surface area contributed by atoms with E-state index in [2.05, 4.69) is 12.1 Å². The first kappa shape index (κ1) is 13.8. The van der Waals surface area contributed by atoms with E-state index in [1.165, 1.54) is 44.9 Å². The summed E-state index contributed by atoms with van der Waals surface area (Å²) in [5.41, 5.74) is 0. The van der Waals surface area contributed by atoms with Crippen molar-refractivity contribution in [1.82, 2.24) is 0 Å². The Balaban J connectivity index is 1.77. The molecule has 2 heteroatoms. The SMILES string of the molecule is N#CCCCCCCCCCCc1ccco1. The van der Waals surface area contributed by atoms with Gasteiger partial charge < -0.3 is 4.42 Å². The predicted octanol–water partition coefficient (Wildman–Crippen LogP) is 4.86. The number of rotatable bonds is 10. The minimum absolute atomic E-state index is 0.725. The first-order chi connectivity index (χ1) is 8.43. The molecule has 0 bridgehead atoms. The van der Waals surface area contributed by atoms with Crippen LogP contribution in [0.2, 0.25) is 0 Å². The third kappa shape index (κ3) is 7.63. The van der Waals surface area contributed by atoms with Crippen LogP contribution in [0.15, 0.2) is 22.8 Å². The molecule has 0 amide bonds. The quantitative estimate of drug-likeness (QED) is 0.541. The number of hydrogen-bond acceptors (Lipinski definition) is 2. The van der Waals surface area contributed by atoms with Gasteiger partial charge in [0.2, 0.25) is 0 Å². The van der Waals surface area contributed by atoms with Gasteiger partial charge in [-0.2, -0.15) is 5.26 Å². The van der Waals surface area contributed by atoms with Crippen LogP contribution in [0, 0.1) is 11.3 Å². The first-order valence-corrected chi connectivity index (χ1v) is 6.83. The fourth-order valence-electron chi connectivity index (χ4n) is 2.02. The van der Waals surface area contributed by atoms with E-state index in [1.807, 2.05) is 6.07 Å². The summed E-state index contributed by atoms with van der Waals surface area (Å²) in [5.74, 6) is 1.11. The molecule has 0 atom stereocenters. The minimum atomic E-state index is 0.725. The summed E-state index contributed by atoms with van der Waals surface area (Å²) in [6, 6.07) is 6.20. The van der Waals surface area contributed by atoms with E-state index in [-0.39, 0.29) is 0 Å². The highest BCUT2D eigenvalue weighted by molar-refractivity contribution is 4.97. The lowest BCUT2D eigenvalue weighted by molar-refractivity contribution is 0.490. The number of unbranched alkanes of at least 4 members (excludes halogenated alkanes) is 8. The lowest BCUT2D eigenvalue weighted by Crippen LogP contribution is -1.84. The summed E-state index contributed by atoms with van der Waals surface area (Å²) < 4.78 is 5.29. The Morgan fingerprint density at radius 3 is 2.18 bits per heavy atom. The van der Waals surface area contributed by atoms with Crippen molar-refractivity contribution in [2.24, 2.45) is 0 Å². The molecule has 94 valence electrons. The monoisotopic (exact) mass is 233 g/mol. The Bertz CT molecular complexity index is 297. The van der Waals surface area contributed by atoms with Crippen LogP contribution in [0.25, 0.3) is 0 Å². The molecule has 0 saturated carbocycles. The van der Waals surface area contributed by atoms with E-state index in [1.54, 1.807) is 6.26 Å². The standard InChI is InChI=1S/C15H23NO/c16-13-9-7-5-3-1-2-4-6-8-11-15-12-10-14-17-15/h10,12,14H,1-9,11H2. The van der Waals surface area contributed by atoms with E-state index in [4.69, 9.17) is 9.68 Å². The van der Waals surface area contributed by atoms with E-state index < -0.39 is 0 Å². The molecule has 17 heavy (non-hydrogen) atoms. The summed E-state index contributed by atoms with van der Waals surface area (Å²) in [5, 5.41) is 8.39. The number of hydrogen-bond donors (Lipinski definition) is 0. The topological polar surface area (TPSA) is 36.9 Å².